The Morgan fingerprint density at radius 2 is 1.92 bits per heavy atom. The number of ketones is 2. The topological polar surface area (TPSA) is 91.8 Å². The van der Waals surface area contributed by atoms with Crippen LogP contribution in [0, 0.1) is 17.8 Å². The Labute approximate surface area is 224 Å². The number of benzene rings is 1. The zero-order chi connectivity index (χ0) is 25.3. The number of carbonyl (C=O) groups excluding carboxylic acids is 4. The lowest BCUT2D eigenvalue weighted by molar-refractivity contribution is -0.140. The van der Waals surface area contributed by atoms with Gasteiger partial charge in [-0.05, 0) is 63.8 Å². The van der Waals surface area contributed by atoms with Crippen LogP contribution in [0.15, 0.2) is 69.1 Å². The molecule has 4 atom stereocenters. The first-order chi connectivity index (χ1) is 17.3. The van der Waals surface area contributed by atoms with Gasteiger partial charge in [0.15, 0.2) is 11.6 Å². The Hall–Kier alpha value is -2.81. The number of phenols is 1. The summed E-state index contributed by atoms with van der Waals surface area (Å²) in [7, 11) is 0. The number of amides is 2. The predicted octanol–water partition coefficient (Wildman–Crippen LogP) is 5.07. The SMILES string of the molecule is O=C1C=C(Br)C(=O)C2=C1[C@@H](c1ccc(O)cc1Cl)C1=CC[C@@H]3C(=O)N(Cc4cccs4)C(=O)[C@@H]3[C@@H]1C2. The average Bonchev–Trinajstić information content (AvgIpc) is 3.44. The van der Waals surface area contributed by atoms with Gasteiger partial charge in [-0.1, -0.05) is 35.4 Å². The first-order valence-corrected chi connectivity index (χ1v) is 13.6. The van der Waals surface area contributed by atoms with Crippen LogP contribution in [0.4, 0.5) is 0 Å². The van der Waals surface area contributed by atoms with Gasteiger partial charge in [0.2, 0.25) is 11.8 Å². The summed E-state index contributed by atoms with van der Waals surface area (Å²) >= 11 is 11.3. The summed E-state index contributed by atoms with van der Waals surface area (Å²) in [4.78, 5) is 55.7. The molecule has 2 heterocycles. The molecule has 9 heteroatoms. The maximum atomic E-state index is 13.7. The zero-order valence-corrected chi connectivity index (χ0v) is 21.9. The van der Waals surface area contributed by atoms with Gasteiger partial charge < -0.3 is 5.11 Å². The molecular weight excluding hydrogens is 566 g/mol. The number of imide groups is 1. The molecule has 1 aromatic carbocycles. The van der Waals surface area contributed by atoms with Crippen molar-refractivity contribution in [2.75, 3.05) is 0 Å². The molecule has 1 N–H and O–H groups in total. The van der Waals surface area contributed by atoms with E-state index in [-0.39, 0.29) is 51.6 Å². The maximum Gasteiger partial charge on any atom is 0.234 e. The fraction of sp³-hybridized carbons (Fsp3) is 0.259. The number of allylic oxidation sites excluding steroid dienone is 6. The third kappa shape index (κ3) is 3.49. The molecule has 4 aliphatic rings. The largest absolute Gasteiger partial charge is 0.508 e. The summed E-state index contributed by atoms with van der Waals surface area (Å²) in [5.74, 6) is -3.21. The molecule has 6 rings (SSSR count). The van der Waals surface area contributed by atoms with Crippen LogP contribution >= 0.6 is 38.9 Å². The number of thiophene rings is 1. The van der Waals surface area contributed by atoms with Gasteiger partial charge in [0.05, 0.1) is 22.9 Å². The van der Waals surface area contributed by atoms with Gasteiger partial charge in [-0.3, -0.25) is 24.1 Å². The number of hydrogen-bond acceptors (Lipinski definition) is 6. The molecule has 36 heavy (non-hydrogen) atoms. The lowest BCUT2D eigenvalue weighted by Gasteiger charge is -2.42. The molecule has 0 spiro atoms. The van der Waals surface area contributed by atoms with Gasteiger partial charge in [-0.2, -0.15) is 0 Å². The second-order valence-electron chi connectivity index (χ2n) is 9.44. The quantitative estimate of drug-likeness (QED) is 0.309. The third-order valence-electron chi connectivity index (χ3n) is 7.61. The van der Waals surface area contributed by atoms with Crippen molar-refractivity contribution in [3.05, 3.63) is 84.5 Å². The second kappa shape index (κ2) is 8.64. The van der Waals surface area contributed by atoms with Crippen molar-refractivity contribution < 1.29 is 24.3 Å². The number of fused-ring (bicyclic) bond motifs is 3. The molecule has 0 bridgehead atoms. The van der Waals surface area contributed by atoms with Crippen LogP contribution in [0.5, 0.6) is 5.75 Å². The van der Waals surface area contributed by atoms with Crippen LogP contribution in [0.1, 0.15) is 29.2 Å². The van der Waals surface area contributed by atoms with Crippen molar-refractivity contribution in [3.8, 4) is 5.75 Å². The van der Waals surface area contributed by atoms with Crippen molar-refractivity contribution in [3.63, 3.8) is 0 Å². The minimum atomic E-state index is -0.643. The third-order valence-corrected chi connectivity index (χ3v) is 9.39. The molecule has 1 saturated heterocycles. The predicted molar refractivity (Wildman–Crippen MR) is 138 cm³/mol. The van der Waals surface area contributed by atoms with Crippen LogP contribution < -0.4 is 0 Å². The number of halogens is 2. The molecule has 2 aromatic rings. The van der Waals surface area contributed by atoms with Crippen molar-refractivity contribution in [2.45, 2.75) is 25.3 Å². The zero-order valence-electron chi connectivity index (χ0n) is 18.7. The molecular formula is C27H19BrClNO5S. The van der Waals surface area contributed by atoms with Gasteiger partial charge in [0.25, 0.3) is 0 Å². The van der Waals surface area contributed by atoms with Gasteiger partial charge in [-0.25, -0.2) is 0 Å². The van der Waals surface area contributed by atoms with Gasteiger partial charge in [-0.15, -0.1) is 11.3 Å². The minimum Gasteiger partial charge on any atom is -0.508 e. The molecule has 3 aliphatic carbocycles. The van der Waals surface area contributed by atoms with Crippen molar-refractivity contribution >= 4 is 62.2 Å². The Kier molecular flexibility index (Phi) is 5.66. The second-order valence-corrected chi connectivity index (χ2v) is 11.7. The van der Waals surface area contributed by atoms with E-state index >= 15 is 0 Å². The summed E-state index contributed by atoms with van der Waals surface area (Å²) in [5, 5.41) is 12.1. The molecule has 2 amide bonds. The van der Waals surface area contributed by atoms with E-state index in [1.807, 2.05) is 23.6 Å². The van der Waals surface area contributed by atoms with Crippen molar-refractivity contribution in [2.24, 2.45) is 17.8 Å². The van der Waals surface area contributed by atoms with Gasteiger partial charge in [0, 0.05) is 33.0 Å². The molecule has 6 nitrogen and oxygen atoms in total. The summed E-state index contributed by atoms with van der Waals surface area (Å²) in [6.07, 6.45) is 3.81. The highest BCUT2D eigenvalue weighted by atomic mass is 79.9. The number of hydrogen-bond donors (Lipinski definition) is 1. The average molecular weight is 585 g/mol. The van der Waals surface area contributed by atoms with Crippen LogP contribution in [0.25, 0.3) is 0 Å². The number of aromatic hydroxyl groups is 1. The first-order valence-electron chi connectivity index (χ1n) is 11.5. The number of Topliss-reactive ketones (excluding diaryl/α,β-unsaturated/α-hetero) is 1. The molecule has 0 unspecified atom stereocenters. The summed E-state index contributed by atoms with van der Waals surface area (Å²) < 4.78 is 0.176. The first kappa shape index (κ1) is 23.6. The van der Waals surface area contributed by atoms with E-state index < -0.39 is 23.7 Å². The molecule has 0 saturated carbocycles. The molecule has 1 aliphatic heterocycles. The van der Waals surface area contributed by atoms with E-state index in [2.05, 4.69) is 15.9 Å². The smallest absolute Gasteiger partial charge is 0.234 e. The van der Waals surface area contributed by atoms with E-state index in [4.69, 9.17) is 11.6 Å². The minimum absolute atomic E-state index is 0.0162. The molecule has 1 fully saturated rings. The fourth-order valence-electron chi connectivity index (χ4n) is 6.09. The normalized spacial score (nSPS) is 27.6. The number of nitrogens with zero attached hydrogens (tertiary/aromatic N) is 1. The number of likely N-dealkylation sites (tertiary alicyclic amines) is 1. The maximum absolute atomic E-state index is 13.7. The Morgan fingerprint density at radius 1 is 1.11 bits per heavy atom. The van der Waals surface area contributed by atoms with E-state index in [0.717, 1.165) is 10.5 Å². The van der Waals surface area contributed by atoms with Crippen LogP contribution in [-0.2, 0) is 25.7 Å². The molecule has 182 valence electrons. The standard InChI is InChI=1S/C27H19BrClNO5S/c28-19-10-21(32)24-18(25(19)33)9-17-14(22(24)15-4-3-12(31)8-20(15)29)5-6-16-23(17)27(35)30(26(16)34)11-13-2-1-7-36-13/h1-5,7-8,10,16-17,22-23,31H,6,9,11H2/t16-,17+,22+,23-/m0/s1. The highest BCUT2D eigenvalue weighted by Crippen LogP contribution is 2.56. The van der Waals surface area contributed by atoms with Gasteiger partial charge in [0.1, 0.15) is 5.75 Å². The van der Waals surface area contributed by atoms with Crippen LogP contribution in [0.2, 0.25) is 5.02 Å². The Balaban J connectivity index is 1.47. The van der Waals surface area contributed by atoms with E-state index in [0.29, 0.717) is 23.1 Å². The molecule has 1 aromatic heterocycles. The Morgan fingerprint density at radius 3 is 2.64 bits per heavy atom. The van der Waals surface area contributed by atoms with Crippen LogP contribution in [0.3, 0.4) is 0 Å². The summed E-state index contributed by atoms with van der Waals surface area (Å²) in [6, 6.07) is 8.33. The highest BCUT2D eigenvalue weighted by molar-refractivity contribution is 9.12. The van der Waals surface area contributed by atoms with Crippen molar-refractivity contribution in [1.29, 1.82) is 0 Å². The van der Waals surface area contributed by atoms with Crippen LogP contribution in [-0.4, -0.2) is 33.4 Å². The van der Waals surface area contributed by atoms with Gasteiger partial charge >= 0.3 is 0 Å². The Bertz CT molecular complexity index is 1460. The summed E-state index contributed by atoms with van der Waals surface area (Å²) in [6.45, 7) is 0.233. The lowest BCUT2D eigenvalue weighted by atomic mass is 9.59. The monoisotopic (exact) mass is 583 g/mol. The van der Waals surface area contributed by atoms with Crippen molar-refractivity contribution in [1.82, 2.24) is 4.90 Å². The highest BCUT2D eigenvalue weighted by Gasteiger charge is 2.56. The number of phenolic OH excluding ortho intramolecular Hbond substituents is 1. The lowest BCUT2D eigenvalue weighted by Crippen LogP contribution is -2.39. The molecule has 0 radical (unpaired) electrons. The summed E-state index contributed by atoms with van der Waals surface area (Å²) in [5.41, 5.74) is 2.11. The van der Waals surface area contributed by atoms with E-state index in [1.165, 1.54) is 34.4 Å². The fourth-order valence-corrected chi connectivity index (χ4v) is 7.52. The number of rotatable bonds is 3. The van der Waals surface area contributed by atoms with E-state index in [1.54, 1.807) is 6.07 Å². The van der Waals surface area contributed by atoms with E-state index in [9.17, 15) is 24.3 Å². The number of carbonyl (C=O) groups is 4.